The fourth-order valence-electron chi connectivity index (χ4n) is 3.50. The number of amides is 1. The third-order valence-corrected chi connectivity index (χ3v) is 5.06. The zero-order chi connectivity index (χ0) is 14.6. The van der Waals surface area contributed by atoms with Crippen molar-refractivity contribution in [1.29, 1.82) is 0 Å². The van der Waals surface area contributed by atoms with Gasteiger partial charge in [0.1, 0.15) is 0 Å². The van der Waals surface area contributed by atoms with Gasteiger partial charge in [0.05, 0.1) is 5.92 Å². The topological polar surface area (TPSA) is 92.4 Å². The van der Waals surface area contributed by atoms with Gasteiger partial charge in [0.25, 0.3) is 0 Å². The average Bonchev–Trinajstić information content (AvgIpc) is 2.59. The Morgan fingerprint density at radius 2 is 1.85 bits per heavy atom. The summed E-state index contributed by atoms with van der Waals surface area (Å²) in [5, 5.41) is 12.3. The number of carboxylic acid groups (broad SMARTS) is 1. The van der Waals surface area contributed by atoms with E-state index in [9.17, 15) is 14.7 Å². The lowest BCUT2D eigenvalue weighted by molar-refractivity contribution is -0.143. The van der Waals surface area contributed by atoms with E-state index in [-0.39, 0.29) is 17.4 Å². The molecule has 2 aliphatic rings. The second-order valence-corrected chi connectivity index (χ2v) is 6.49. The van der Waals surface area contributed by atoms with Gasteiger partial charge in [-0.3, -0.25) is 9.59 Å². The number of nitrogens with one attached hydrogen (secondary N) is 1. The highest BCUT2D eigenvalue weighted by Gasteiger charge is 2.38. The van der Waals surface area contributed by atoms with Crippen LogP contribution in [-0.4, -0.2) is 29.6 Å². The van der Waals surface area contributed by atoms with E-state index >= 15 is 0 Å². The summed E-state index contributed by atoms with van der Waals surface area (Å²) in [7, 11) is 0. The van der Waals surface area contributed by atoms with Crippen molar-refractivity contribution in [2.24, 2.45) is 17.1 Å². The minimum Gasteiger partial charge on any atom is -0.481 e. The van der Waals surface area contributed by atoms with E-state index in [0.29, 0.717) is 19.4 Å². The van der Waals surface area contributed by atoms with Crippen LogP contribution in [0.2, 0.25) is 0 Å². The molecule has 0 saturated heterocycles. The highest BCUT2D eigenvalue weighted by molar-refractivity contribution is 5.79. The van der Waals surface area contributed by atoms with Gasteiger partial charge in [-0.2, -0.15) is 0 Å². The monoisotopic (exact) mass is 282 g/mol. The van der Waals surface area contributed by atoms with Gasteiger partial charge in [-0.25, -0.2) is 0 Å². The van der Waals surface area contributed by atoms with E-state index in [2.05, 4.69) is 5.32 Å². The van der Waals surface area contributed by atoms with Crippen LogP contribution < -0.4 is 11.1 Å². The first-order valence-electron chi connectivity index (χ1n) is 7.79. The molecule has 2 fully saturated rings. The highest BCUT2D eigenvalue weighted by atomic mass is 16.4. The molecule has 5 nitrogen and oxygen atoms in total. The molecular weight excluding hydrogens is 256 g/mol. The third kappa shape index (κ3) is 3.51. The van der Waals surface area contributed by atoms with E-state index in [1.807, 2.05) is 0 Å². The lowest BCUT2D eigenvalue weighted by Crippen LogP contribution is -2.47. The van der Waals surface area contributed by atoms with E-state index in [0.717, 1.165) is 44.9 Å². The zero-order valence-electron chi connectivity index (χ0n) is 12.1. The Bertz CT molecular complexity index is 361. The molecule has 4 N–H and O–H groups in total. The predicted octanol–water partition coefficient (Wildman–Crippen LogP) is 1.66. The first kappa shape index (κ1) is 15.3. The quantitative estimate of drug-likeness (QED) is 0.669. The summed E-state index contributed by atoms with van der Waals surface area (Å²) in [5.41, 5.74) is 5.76. The van der Waals surface area contributed by atoms with Crippen molar-refractivity contribution in [3.8, 4) is 0 Å². The Kier molecular flexibility index (Phi) is 5.02. The number of rotatable bonds is 5. The second kappa shape index (κ2) is 6.57. The Balaban J connectivity index is 1.92. The Morgan fingerprint density at radius 1 is 1.15 bits per heavy atom. The van der Waals surface area contributed by atoms with Crippen LogP contribution in [-0.2, 0) is 9.59 Å². The normalized spacial score (nSPS) is 29.1. The summed E-state index contributed by atoms with van der Waals surface area (Å²) in [5.74, 6) is -1.24. The zero-order valence-corrected chi connectivity index (χ0v) is 12.1. The maximum atomic E-state index is 12.2. The minimum absolute atomic E-state index is 0.0201. The molecule has 0 aromatic heterocycles. The number of hydrogen-bond acceptors (Lipinski definition) is 3. The molecule has 0 spiro atoms. The fourth-order valence-corrected chi connectivity index (χ4v) is 3.50. The summed E-state index contributed by atoms with van der Waals surface area (Å²) < 4.78 is 0. The van der Waals surface area contributed by atoms with Gasteiger partial charge in [0.2, 0.25) is 5.91 Å². The lowest BCUT2D eigenvalue weighted by Gasteiger charge is -2.40. The first-order chi connectivity index (χ1) is 9.56. The second-order valence-electron chi connectivity index (χ2n) is 6.49. The molecule has 0 aromatic carbocycles. The van der Waals surface area contributed by atoms with Crippen LogP contribution in [0.3, 0.4) is 0 Å². The van der Waals surface area contributed by atoms with E-state index in [4.69, 9.17) is 5.73 Å². The molecule has 2 aliphatic carbocycles. The van der Waals surface area contributed by atoms with Gasteiger partial charge in [-0.15, -0.1) is 0 Å². The molecule has 0 aromatic rings. The van der Waals surface area contributed by atoms with Crippen LogP contribution >= 0.6 is 0 Å². The summed E-state index contributed by atoms with van der Waals surface area (Å²) in [4.78, 5) is 23.5. The Labute approximate surface area is 120 Å². The molecule has 20 heavy (non-hydrogen) atoms. The highest BCUT2D eigenvalue weighted by Crippen LogP contribution is 2.42. The van der Waals surface area contributed by atoms with Crippen molar-refractivity contribution in [1.82, 2.24) is 5.32 Å². The summed E-state index contributed by atoms with van der Waals surface area (Å²) in [6.45, 7) is 0.549. The smallest absolute Gasteiger partial charge is 0.308 e. The molecule has 2 unspecified atom stereocenters. The van der Waals surface area contributed by atoms with Crippen LogP contribution in [0.1, 0.15) is 57.8 Å². The minimum atomic E-state index is -0.783. The van der Waals surface area contributed by atoms with Crippen LogP contribution in [0.5, 0.6) is 0 Å². The molecule has 2 rings (SSSR count). The summed E-state index contributed by atoms with van der Waals surface area (Å²) in [6, 6.07) is -0.211. The van der Waals surface area contributed by atoms with E-state index < -0.39 is 11.9 Å². The molecule has 5 heteroatoms. The molecule has 114 valence electrons. The molecule has 0 radical (unpaired) electrons. The van der Waals surface area contributed by atoms with Gasteiger partial charge in [-0.05, 0) is 37.6 Å². The van der Waals surface area contributed by atoms with Gasteiger partial charge < -0.3 is 16.2 Å². The van der Waals surface area contributed by atoms with Crippen LogP contribution in [0.15, 0.2) is 0 Å². The standard InChI is InChI=1S/C15H26N2O3/c16-10-15(7-4-8-15)9-13(18)17-12-6-3-1-2-5-11(12)14(19)20/h11-12H,1-10,16H2,(H,17,18)(H,19,20). The fraction of sp³-hybridized carbons (Fsp3) is 0.867. The molecular formula is C15H26N2O3. The maximum Gasteiger partial charge on any atom is 0.308 e. The van der Waals surface area contributed by atoms with Crippen molar-refractivity contribution in [2.45, 2.75) is 63.8 Å². The Morgan fingerprint density at radius 3 is 2.40 bits per heavy atom. The van der Waals surface area contributed by atoms with Crippen LogP contribution in [0.25, 0.3) is 0 Å². The lowest BCUT2D eigenvalue weighted by atomic mass is 9.66. The van der Waals surface area contributed by atoms with Crippen LogP contribution in [0, 0.1) is 11.3 Å². The number of carboxylic acids is 1. The SMILES string of the molecule is NCC1(CC(=O)NC2CCCCCC2C(=O)O)CCC1. The average molecular weight is 282 g/mol. The molecule has 2 saturated carbocycles. The van der Waals surface area contributed by atoms with E-state index in [1.165, 1.54) is 0 Å². The number of carbonyl (C=O) groups excluding carboxylic acids is 1. The van der Waals surface area contributed by atoms with Gasteiger partial charge >= 0.3 is 5.97 Å². The largest absolute Gasteiger partial charge is 0.481 e. The molecule has 2 atom stereocenters. The van der Waals surface area contributed by atoms with Crippen molar-refractivity contribution >= 4 is 11.9 Å². The summed E-state index contributed by atoms with van der Waals surface area (Å²) in [6.07, 6.45) is 8.07. The van der Waals surface area contributed by atoms with Crippen LogP contribution in [0.4, 0.5) is 0 Å². The van der Waals surface area contributed by atoms with Crippen molar-refractivity contribution in [3.05, 3.63) is 0 Å². The Hall–Kier alpha value is -1.10. The number of hydrogen-bond donors (Lipinski definition) is 3. The molecule has 0 bridgehead atoms. The first-order valence-corrected chi connectivity index (χ1v) is 7.79. The molecule has 1 amide bonds. The maximum absolute atomic E-state index is 12.2. The summed E-state index contributed by atoms with van der Waals surface area (Å²) >= 11 is 0. The number of aliphatic carboxylic acids is 1. The van der Waals surface area contributed by atoms with Crippen molar-refractivity contribution in [2.75, 3.05) is 6.54 Å². The van der Waals surface area contributed by atoms with Crippen molar-refractivity contribution in [3.63, 3.8) is 0 Å². The van der Waals surface area contributed by atoms with Gasteiger partial charge in [0.15, 0.2) is 0 Å². The molecule has 0 heterocycles. The van der Waals surface area contributed by atoms with Crippen molar-refractivity contribution < 1.29 is 14.7 Å². The predicted molar refractivity (Wildman–Crippen MR) is 76.1 cm³/mol. The third-order valence-electron chi connectivity index (χ3n) is 5.06. The number of nitrogens with two attached hydrogens (primary N) is 1. The van der Waals surface area contributed by atoms with Gasteiger partial charge in [0, 0.05) is 12.5 Å². The molecule has 0 aliphatic heterocycles. The van der Waals surface area contributed by atoms with Gasteiger partial charge in [-0.1, -0.05) is 25.7 Å². The number of carbonyl (C=O) groups is 2. The van der Waals surface area contributed by atoms with E-state index in [1.54, 1.807) is 0 Å².